The van der Waals surface area contributed by atoms with Gasteiger partial charge in [-0.15, -0.1) is 0 Å². The van der Waals surface area contributed by atoms with Gasteiger partial charge in [-0.2, -0.15) is 13.5 Å². The molecule has 0 spiro atoms. The van der Waals surface area contributed by atoms with Gasteiger partial charge >= 0.3 is 6.03 Å². The van der Waals surface area contributed by atoms with E-state index < -0.39 is 16.1 Å². The van der Waals surface area contributed by atoms with Crippen molar-refractivity contribution in [2.45, 2.75) is 24.9 Å². The van der Waals surface area contributed by atoms with E-state index in [1.807, 2.05) is 61.0 Å². The summed E-state index contributed by atoms with van der Waals surface area (Å²) < 4.78 is 28.8. The molecule has 2 N–H and O–H groups in total. The first kappa shape index (κ1) is 20.5. The van der Waals surface area contributed by atoms with E-state index in [0.717, 1.165) is 21.9 Å². The van der Waals surface area contributed by atoms with Gasteiger partial charge in [0.25, 0.3) is 10.0 Å². The van der Waals surface area contributed by atoms with Crippen molar-refractivity contribution in [2.24, 2.45) is 0 Å². The number of hydrogen-bond donors (Lipinski definition) is 2. The van der Waals surface area contributed by atoms with Crippen LogP contribution in [0.1, 0.15) is 19.9 Å². The Morgan fingerprint density at radius 3 is 2.55 bits per heavy atom. The molecule has 0 aliphatic heterocycles. The van der Waals surface area contributed by atoms with Gasteiger partial charge in [-0.3, -0.25) is 9.67 Å². The zero-order valence-electron chi connectivity index (χ0n) is 17.0. The van der Waals surface area contributed by atoms with E-state index >= 15 is 0 Å². The summed E-state index contributed by atoms with van der Waals surface area (Å²) in [7, 11) is -4.13. The molecule has 0 radical (unpaired) electrons. The number of urea groups is 1. The molecule has 8 nitrogen and oxygen atoms in total. The van der Waals surface area contributed by atoms with E-state index in [0.29, 0.717) is 5.69 Å². The number of pyridine rings is 1. The highest BCUT2D eigenvalue weighted by molar-refractivity contribution is 7.90. The second kappa shape index (κ2) is 8.19. The summed E-state index contributed by atoms with van der Waals surface area (Å²) in [6, 6.07) is 15.5. The van der Waals surface area contributed by atoms with E-state index in [4.69, 9.17) is 0 Å². The van der Waals surface area contributed by atoms with Crippen LogP contribution < -0.4 is 10.0 Å². The van der Waals surface area contributed by atoms with Crippen molar-refractivity contribution >= 4 is 32.5 Å². The fourth-order valence-electron chi connectivity index (χ4n) is 3.23. The molecule has 0 atom stereocenters. The van der Waals surface area contributed by atoms with Crippen LogP contribution in [0.3, 0.4) is 0 Å². The second-order valence-corrected chi connectivity index (χ2v) is 8.87. The molecule has 0 bridgehead atoms. The average Bonchev–Trinajstić information content (AvgIpc) is 3.26. The number of nitrogens with zero attached hydrogens (tertiary/aromatic N) is 3. The van der Waals surface area contributed by atoms with Crippen molar-refractivity contribution in [3.05, 3.63) is 73.2 Å². The molecule has 4 aromatic rings. The highest BCUT2D eigenvalue weighted by Crippen LogP contribution is 2.34. The summed E-state index contributed by atoms with van der Waals surface area (Å²) in [5, 5.41) is 8.21. The standard InChI is InChI=1S/C22H21N5O3S/c1-15(2)27-13-11-20(25-27)31(29,30)26-22(28)24-21-18-8-4-3-6-16(18)9-10-19(21)17-7-5-12-23-14-17/h3-15H,1-2H3,(H2,24,26,28). The molecule has 9 heteroatoms. The fourth-order valence-corrected chi connectivity index (χ4v) is 4.08. The molecular formula is C22H21N5O3S. The number of carbonyl (C=O) groups is 1. The van der Waals surface area contributed by atoms with Gasteiger partial charge in [0, 0.05) is 41.1 Å². The van der Waals surface area contributed by atoms with E-state index in [9.17, 15) is 13.2 Å². The van der Waals surface area contributed by atoms with Gasteiger partial charge < -0.3 is 5.32 Å². The largest absolute Gasteiger partial charge is 0.333 e. The summed E-state index contributed by atoms with van der Waals surface area (Å²) >= 11 is 0. The Hall–Kier alpha value is -3.72. The number of rotatable bonds is 5. The summed E-state index contributed by atoms with van der Waals surface area (Å²) in [5.74, 6) is 0. The maximum atomic E-state index is 12.7. The van der Waals surface area contributed by atoms with Crippen LogP contribution in [0.2, 0.25) is 0 Å². The summed E-state index contributed by atoms with van der Waals surface area (Å²) in [6.07, 6.45) is 4.90. The lowest BCUT2D eigenvalue weighted by Crippen LogP contribution is -2.34. The van der Waals surface area contributed by atoms with Crippen LogP contribution in [0, 0.1) is 0 Å². The van der Waals surface area contributed by atoms with Gasteiger partial charge in [-0.05, 0) is 31.4 Å². The van der Waals surface area contributed by atoms with Gasteiger partial charge in [0.05, 0.1) is 5.69 Å². The number of aromatic nitrogens is 3. The van der Waals surface area contributed by atoms with Crippen LogP contribution in [0.5, 0.6) is 0 Å². The van der Waals surface area contributed by atoms with Crippen LogP contribution >= 0.6 is 0 Å². The van der Waals surface area contributed by atoms with Gasteiger partial charge in [-0.25, -0.2) is 9.52 Å². The zero-order valence-corrected chi connectivity index (χ0v) is 17.8. The number of carbonyl (C=O) groups excluding carboxylic acids is 1. The first-order valence-corrected chi connectivity index (χ1v) is 11.1. The molecule has 0 saturated heterocycles. The van der Waals surface area contributed by atoms with Crippen molar-refractivity contribution in [3.8, 4) is 11.1 Å². The molecule has 2 heterocycles. The highest BCUT2D eigenvalue weighted by Gasteiger charge is 2.22. The molecule has 0 unspecified atom stereocenters. The minimum absolute atomic E-state index is 0.00417. The number of amides is 2. The topological polar surface area (TPSA) is 106 Å². The fraction of sp³-hybridized carbons (Fsp3) is 0.136. The molecular weight excluding hydrogens is 414 g/mol. The molecule has 31 heavy (non-hydrogen) atoms. The number of hydrogen-bond acceptors (Lipinski definition) is 5. The first-order chi connectivity index (χ1) is 14.8. The molecule has 158 valence electrons. The maximum absolute atomic E-state index is 12.7. The van der Waals surface area contributed by atoms with Crippen molar-refractivity contribution in [3.63, 3.8) is 0 Å². The monoisotopic (exact) mass is 435 g/mol. The van der Waals surface area contributed by atoms with Gasteiger partial charge in [-0.1, -0.05) is 42.5 Å². The lowest BCUT2D eigenvalue weighted by Gasteiger charge is -2.15. The minimum Gasteiger partial charge on any atom is -0.306 e. The molecule has 0 aliphatic rings. The summed E-state index contributed by atoms with van der Waals surface area (Å²) in [6.45, 7) is 3.76. The molecule has 2 aromatic carbocycles. The quantitative estimate of drug-likeness (QED) is 0.489. The van der Waals surface area contributed by atoms with Crippen LogP contribution in [0.15, 0.2) is 78.2 Å². The Balaban J connectivity index is 1.68. The Bertz CT molecular complexity index is 1350. The normalized spacial score (nSPS) is 11.6. The third-order valence-electron chi connectivity index (χ3n) is 4.76. The summed E-state index contributed by atoms with van der Waals surface area (Å²) in [5.41, 5.74) is 2.01. The molecule has 0 saturated carbocycles. The lowest BCUT2D eigenvalue weighted by atomic mass is 9.99. The Morgan fingerprint density at radius 1 is 1.03 bits per heavy atom. The second-order valence-electron chi connectivity index (χ2n) is 7.24. The lowest BCUT2D eigenvalue weighted by molar-refractivity contribution is 0.256. The molecule has 2 aromatic heterocycles. The number of nitrogens with one attached hydrogen (secondary N) is 2. The predicted octanol–water partition coefficient (Wildman–Crippen LogP) is 4.19. The van der Waals surface area contributed by atoms with E-state index in [2.05, 4.69) is 15.4 Å². The number of anilines is 1. The SMILES string of the molecule is CC(C)n1ccc(S(=O)(=O)NC(=O)Nc2c(-c3cccnc3)ccc3ccccc23)n1. The van der Waals surface area contributed by atoms with Crippen LogP contribution in [-0.2, 0) is 10.0 Å². The number of benzene rings is 2. The highest BCUT2D eigenvalue weighted by atomic mass is 32.2. The molecule has 0 aliphatic carbocycles. The van der Waals surface area contributed by atoms with Crippen LogP contribution in [0.4, 0.5) is 10.5 Å². The van der Waals surface area contributed by atoms with E-state index in [1.165, 1.54) is 10.7 Å². The molecule has 2 amide bonds. The molecule has 4 rings (SSSR count). The van der Waals surface area contributed by atoms with Gasteiger partial charge in [0.15, 0.2) is 5.03 Å². The predicted molar refractivity (Wildman–Crippen MR) is 119 cm³/mol. The van der Waals surface area contributed by atoms with E-state index in [-0.39, 0.29) is 11.1 Å². The Kier molecular flexibility index (Phi) is 5.43. The maximum Gasteiger partial charge on any atom is 0.333 e. The molecule has 0 fully saturated rings. The third-order valence-corrected chi connectivity index (χ3v) is 5.98. The summed E-state index contributed by atoms with van der Waals surface area (Å²) in [4.78, 5) is 16.9. The van der Waals surface area contributed by atoms with Crippen molar-refractivity contribution in [1.82, 2.24) is 19.5 Å². The van der Waals surface area contributed by atoms with Crippen molar-refractivity contribution in [2.75, 3.05) is 5.32 Å². The van der Waals surface area contributed by atoms with Crippen molar-refractivity contribution in [1.29, 1.82) is 0 Å². The van der Waals surface area contributed by atoms with Crippen molar-refractivity contribution < 1.29 is 13.2 Å². The smallest absolute Gasteiger partial charge is 0.306 e. The van der Waals surface area contributed by atoms with Crippen LogP contribution in [-0.4, -0.2) is 29.2 Å². The van der Waals surface area contributed by atoms with Gasteiger partial charge in [0.2, 0.25) is 0 Å². The number of fused-ring (bicyclic) bond motifs is 1. The third kappa shape index (κ3) is 4.26. The first-order valence-electron chi connectivity index (χ1n) is 9.66. The number of sulfonamides is 1. The average molecular weight is 436 g/mol. The Morgan fingerprint density at radius 2 is 1.84 bits per heavy atom. The van der Waals surface area contributed by atoms with Gasteiger partial charge in [0.1, 0.15) is 0 Å². The Labute approximate surface area is 180 Å². The minimum atomic E-state index is -4.13. The zero-order chi connectivity index (χ0) is 22.0. The van der Waals surface area contributed by atoms with E-state index in [1.54, 1.807) is 24.7 Å². The van der Waals surface area contributed by atoms with Crippen LogP contribution in [0.25, 0.3) is 21.9 Å².